The smallest absolute Gasteiger partial charge is 0.314 e. The molecule has 2 aliphatic carbocycles. The van der Waals surface area contributed by atoms with Crippen molar-refractivity contribution < 1.29 is 62.7 Å². The Morgan fingerprint density at radius 3 is 2.15 bits per heavy atom. The first kappa shape index (κ1) is 46.9. The number of allylic oxidation sites excluding steroid dienone is 4. The number of fused-ring (bicyclic) bond motifs is 14. The van der Waals surface area contributed by atoms with E-state index in [1.165, 1.54) is 72.2 Å². The molecule has 1 amide bonds. The lowest BCUT2D eigenvalue weighted by Crippen LogP contribution is -2.46. The number of hydrogen-bond acceptors (Lipinski definition) is 14. The number of ether oxygens (including phenoxy) is 5. The molecule has 61 heavy (non-hydrogen) atoms. The highest BCUT2D eigenvalue weighted by atomic mass is 16.7. The minimum absolute atomic E-state index is 0.0973. The molecule has 9 atom stereocenters. The van der Waals surface area contributed by atoms with Gasteiger partial charge in [-0.15, -0.1) is 0 Å². The van der Waals surface area contributed by atoms with Crippen LogP contribution in [0.4, 0.5) is 0 Å². The monoisotopic (exact) mass is 848 g/mol. The number of Topliss-reactive ketones (excluding diaryl/α,β-unsaturated/α-hetero) is 3. The van der Waals surface area contributed by atoms with Gasteiger partial charge in [0.1, 0.15) is 29.0 Å². The summed E-state index contributed by atoms with van der Waals surface area (Å²) in [4.78, 5) is 85.5. The standard InChI is InChI=1S/C46H60N2O13/c1-22-16-15-17-23(2)44(55)47-34-35(48(9)10)39(53)31-32(38(34)52)41(60-45(56)29-18-13-12-14-19-29)27(6)42-33(31)43(54)46(8,61-42)58-21-20-30(57-11)24(3)40(59-28(7)49)26(5)37(51)25(4)36(22)50/h15-17,20-22,24-26,29-30,36-37,40,50-51H,12-14,18-19H2,1-11H3,(H,47,55)/b16-15+,21-20+,23-17-. The van der Waals surface area contributed by atoms with Crippen LogP contribution in [-0.2, 0) is 28.6 Å². The molecule has 15 nitrogen and oxygen atoms in total. The molecule has 1 aromatic rings. The molecule has 5 aliphatic rings. The number of likely N-dealkylation sites (N-methyl/N-ethyl adjacent to an activating group) is 1. The van der Waals surface area contributed by atoms with Gasteiger partial charge in [0.25, 0.3) is 11.7 Å². The zero-order valence-corrected chi connectivity index (χ0v) is 37.0. The number of carbonyl (C=O) groups excluding carboxylic acids is 6. The van der Waals surface area contributed by atoms with Gasteiger partial charge in [-0.05, 0) is 32.8 Å². The van der Waals surface area contributed by atoms with Crippen molar-refractivity contribution in [3.8, 4) is 11.5 Å². The van der Waals surface area contributed by atoms with Crippen LogP contribution in [0.1, 0.15) is 117 Å². The molecule has 0 radical (unpaired) electrons. The van der Waals surface area contributed by atoms with Crippen molar-refractivity contribution in [3.05, 3.63) is 69.8 Å². The first-order valence-corrected chi connectivity index (χ1v) is 20.9. The summed E-state index contributed by atoms with van der Waals surface area (Å²) in [6.45, 7) is 12.5. The van der Waals surface area contributed by atoms with E-state index in [0.717, 1.165) is 19.3 Å². The van der Waals surface area contributed by atoms with Crippen molar-refractivity contribution in [2.45, 2.75) is 118 Å². The van der Waals surface area contributed by atoms with Crippen LogP contribution in [0, 0.1) is 36.5 Å². The number of ketones is 3. The Bertz CT molecular complexity index is 2080. The van der Waals surface area contributed by atoms with Gasteiger partial charge >= 0.3 is 17.7 Å². The van der Waals surface area contributed by atoms with Gasteiger partial charge in [-0.1, -0.05) is 65.2 Å². The second-order valence-corrected chi connectivity index (χ2v) is 17.1. The second-order valence-electron chi connectivity index (χ2n) is 17.1. The molecular formula is C46H60N2O13. The largest absolute Gasteiger partial charge is 0.462 e. The number of amides is 1. The maximum Gasteiger partial charge on any atom is 0.314 e. The van der Waals surface area contributed by atoms with Crippen molar-refractivity contribution in [1.82, 2.24) is 10.2 Å². The molecular weight excluding hydrogens is 789 g/mol. The minimum atomic E-state index is -2.10. The number of aliphatic hydroxyl groups is 2. The first-order chi connectivity index (χ1) is 28.7. The number of rotatable bonds is 5. The van der Waals surface area contributed by atoms with Crippen LogP contribution in [0.2, 0.25) is 0 Å². The van der Waals surface area contributed by atoms with Gasteiger partial charge in [-0.25, -0.2) is 0 Å². The lowest BCUT2D eigenvalue weighted by molar-refractivity contribution is -0.160. The minimum Gasteiger partial charge on any atom is -0.462 e. The van der Waals surface area contributed by atoms with Crippen molar-refractivity contribution in [1.29, 1.82) is 0 Å². The predicted molar refractivity (Wildman–Crippen MR) is 222 cm³/mol. The van der Waals surface area contributed by atoms with Crippen LogP contribution in [0.5, 0.6) is 11.5 Å². The van der Waals surface area contributed by atoms with Crippen molar-refractivity contribution in [3.63, 3.8) is 0 Å². The molecule has 9 unspecified atom stereocenters. The average Bonchev–Trinajstić information content (AvgIpc) is 3.48. The van der Waals surface area contributed by atoms with E-state index in [2.05, 4.69) is 5.32 Å². The molecule has 3 N–H and O–H groups in total. The Morgan fingerprint density at radius 1 is 0.885 bits per heavy atom. The van der Waals surface area contributed by atoms with E-state index < -0.39 is 95.0 Å². The van der Waals surface area contributed by atoms with Crippen LogP contribution in [0.25, 0.3) is 0 Å². The van der Waals surface area contributed by atoms with Crippen LogP contribution in [0.3, 0.4) is 0 Å². The number of esters is 2. The molecule has 1 aromatic carbocycles. The maximum absolute atomic E-state index is 14.8. The van der Waals surface area contributed by atoms with Crippen LogP contribution >= 0.6 is 0 Å². The normalized spacial score (nSPS) is 32.2. The molecule has 1 fully saturated rings. The number of carbonyl (C=O) groups is 6. The van der Waals surface area contributed by atoms with Gasteiger partial charge in [0, 0.05) is 69.9 Å². The first-order valence-electron chi connectivity index (χ1n) is 20.9. The zero-order valence-electron chi connectivity index (χ0n) is 37.0. The highest BCUT2D eigenvalue weighted by Gasteiger charge is 2.53. The fraction of sp³-hybridized carbons (Fsp3) is 0.565. The molecule has 0 aromatic heterocycles. The summed E-state index contributed by atoms with van der Waals surface area (Å²) in [6.07, 6.45) is 7.18. The van der Waals surface area contributed by atoms with Gasteiger partial charge in [0.15, 0.2) is 0 Å². The molecule has 3 aliphatic heterocycles. The molecule has 332 valence electrons. The lowest BCUT2D eigenvalue weighted by atomic mass is 9.78. The third-order valence-corrected chi connectivity index (χ3v) is 12.5. The van der Waals surface area contributed by atoms with Gasteiger partial charge in [0.2, 0.25) is 11.6 Å². The van der Waals surface area contributed by atoms with Gasteiger partial charge in [0.05, 0.1) is 47.2 Å². The quantitative estimate of drug-likeness (QED) is 0.254. The molecule has 5 bridgehead atoms. The topological polar surface area (TPSA) is 204 Å². The number of nitrogens with zero attached hydrogens (tertiary/aromatic N) is 1. The highest BCUT2D eigenvalue weighted by molar-refractivity contribution is 6.32. The Balaban J connectivity index is 1.70. The molecule has 3 heterocycles. The van der Waals surface area contributed by atoms with Crippen molar-refractivity contribution in [2.75, 3.05) is 21.2 Å². The highest BCUT2D eigenvalue weighted by Crippen LogP contribution is 2.49. The number of hydrogen-bond donors (Lipinski definition) is 3. The number of benzene rings is 1. The summed E-state index contributed by atoms with van der Waals surface area (Å²) in [7, 11) is 4.45. The Hall–Kier alpha value is -5.12. The Kier molecular flexibility index (Phi) is 14.5. The van der Waals surface area contributed by atoms with Crippen LogP contribution < -0.4 is 14.8 Å². The number of methoxy groups -OCH3 is 1. The van der Waals surface area contributed by atoms with E-state index in [-0.39, 0.29) is 50.7 Å². The van der Waals surface area contributed by atoms with Crippen molar-refractivity contribution in [2.24, 2.45) is 29.6 Å². The van der Waals surface area contributed by atoms with E-state index in [4.69, 9.17) is 23.7 Å². The van der Waals surface area contributed by atoms with Crippen LogP contribution in [-0.4, -0.2) is 102 Å². The fourth-order valence-electron chi connectivity index (χ4n) is 8.74. The maximum atomic E-state index is 14.8. The summed E-state index contributed by atoms with van der Waals surface area (Å²) in [5, 5.41) is 25.5. The molecule has 0 saturated heterocycles. The zero-order chi connectivity index (χ0) is 45.2. The van der Waals surface area contributed by atoms with Gasteiger partial charge < -0.3 is 44.1 Å². The summed E-state index contributed by atoms with van der Waals surface area (Å²) in [5.41, 5.74) is -1.34. The summed E-state index contributed by atoms with van der Waals surface area (Å²) >= 11 is 0. The van der Waals surface area contributed by atoms with Crippen molar-refractivity contribution >= 4 is 35.2 Å². The third kappa shape index (κ3) is 9.24. The molecule has 6 rings (SSSR count). The van der Waals surface area contributed by atoms with Gasteiger partial charge in [-0.3, -0.25) is 28.8 Å². The van der Waals surface area contributed by atoms with E-state index in [0.29, 0.717) is 12.8 Å². The number of aliphatic hydroxyl groups excluding tert-OH is 2. The summed E-state index contributed by atoms with van der Waals surface area (Å²) in [6, 6.07) is 0. The lowest BCUT2D eigenvalue weighted by Gasteiger charge is -2.38. The third-order valence-electron chi connectivity index (χ3n) is 12.5. The molecule has 15 heteroatoms. The SMILES string of the molecule is COC1/C=C/OC2(C)Oc3c(C)c(OC(=O)C4CCCCC4)c4c(c3C2=O)C(=O)C(N(C)C)=C(NC(=O)/C(C)=C\C=C\C(C)C(O)C(C)C(O)C(C)C(OC(C)=O)C1C)C4=O. The van der Waals surface area contributed by atoms with Crippen LogP contribution in [0.15, 0.2) is 47.5 Å². The summed E-state index contributed by atoms with van der Waals surface area (Å²) in [5.74, 6) is -9.87. The van der Waals surface area contributed by atoms with E-state index in [9.17, 15) is 39.0 Å². The van der Waals surface area contributed by atoms with E-state index in [1.807, 2.05) is 0 Å². The summed E-state index contributed by atoms with van der Waals surface area (Å²) < 4.78 is 29.9. The number of nitrogens with one attached hydrogen (secondary N) is 1. The van der Waals surface area contributed by atoms with E-state index >= 15 is 0 Å². The Morgan fingerprint density at radius 2 is 1.54 bits per heavy atom. The molecule has 1 saturated carbocycles. The van der Waals surface area contributed by atoms with E-state index in [1.54, 1.807) is 39.8 Å². The Labute approximate surface area is 357 Å². The second kappa shape index (κ2) is 18.9. The fourth-order valence-corrected chi connectivity index (χ4v) is 8.74. The average molecular weight is 849 g/mol. The molecule has 0 spiro atoms. The predicted octanol–water partition coefficient (Wildman–Crippen LogP) is 5.30. The van der Waals surface area contributed by atoms with Gasteiger partial charge in [-0.2, -0.15) is 0 Å².